The summed E-state index contributed by atoms with van der Waals surface area (Å²) in [4.78, 5) is 0. The van der Waals surface area contributed by atoms with E-state index in [-0.39, 0.29) is 0 Å². The Bertz CT molecular complexity index is 123. The zero-order valence-electron chi connectivity index (χ0n) is 6.16. The molecule has 1 nitrogen and oxygen atoms in total. The highest BCUT2D eigenvalue weighted by Gasteiger charge is 1.77. The van der Waals surface area contributed by atoms with Crippen LogP contribution >= 0.6 is 0 Å². The fraction of sp³-hybridized carbons (Fsp3) is 0.333. The van der Waals surface area contributed by atoms with Gasteiger partial charge in [-0.25, -0.2) is 0 Å². The molecule has 0 aliphatic carbocycles. The van der Waals surface area contributed by atoms with Crippen molar-refractivity contribution < 1.29 is 5.11 Å². The Labute approximate surface area is 62.4 Å². The average molecular weight is 138 g/mol. The Balaban J connectivity index is 3.04. The summed E-state index contributed by atoms with van der Waals surface area (Å²) < 4.78 is 0. The molecule has 0 aromatic heterocycles. The molecule has 0 unspecified atom stereocenters. The van der Waals surface area contributed by atoms with Gasteiger partial charge in [0, 0.05) is 0 Å². The minimum atomic E-state index is 0.942. The molecule has 0 fully saturated rings. The van der Waals surface area contributed by atoms with Crippen LogP contribution in [0.5, 0.6) is 0 Å². The molecule has 0 heterocycles. The molecule has 0 spiro atoms. The molecule has 0 aliphatic rings. The van der Waals surface area contributed by atoms with E-state index in [0.29, 0.717) is 0 Å². The summed E-state index contributed by atoms with van der Waals surface area (Å²) in [5.41, 5.74) is 0. The van der Waals surface area contributed by atoms with Crippen molar-refractivity contribution in [3.63, 3.8) is 0 Å². The molecular weight excluding hydrogens is 124 g/mol. The van der Waals surface area contributed by atoms with E-state index in [0.717, 1.165) is 25.5 Å². The maximum absolute atomic E-state index is 8.25. The van der Waals surface area contributed by atoms with E-state index in [1.807, 2.05) is 6.08 Å². The van der Waals surface area contributed by atoms with Gasteiger partial charge in [0.1, 0.15) is 0 Å². The molecule has 0 aromatic carbocycles. The fourth-order valence-corrected chi connectivity index (χ4v) is 0.621. The van der Waals surface area contributed by atoms with Crippen LogP contribution in [0.1, 0.15) is 19.3 Å². The number of aliphatic hydroxyl groups is 1. The zero-order valence-corrected chi connectivity index (χ0v) is 6.16. The summed E-state index contributed by atoms with van der Waals surface area (Å²) in [5, 5.41) is 8.25. The highest BCUT2D eigenvalue weighted by Crippen LogP contribution is 1.96. The molecule has 0 radical (unpaired) electrons. The van der Waals surface area contributed by atoms with E-state index in [1.54, 1.807) is 12.2 Å². The van der Waals surface area contributed by atoms with Gasteiger partial charge in [-0.05, 0) is 19.3 Å². The number of aliphatic hydroxyl groups excluding tert-OH is 1. The van der Waals surface area contributed by atoms with E-state index in [2.05, 4.69) is 12.7 Å². The van der Waals surface area contributed by atoms with E-state index in [1.165, 1.54) is 0 Å². The molecule has 10 heavy (non-hydrogen) atoms. The van der Waals surface area contributed by atoms with Crippen molar-refractivity contribution >= 4 is 0 Å². The van der Waals surface area contributed by atoms with Gasteiger partial charge in [0.05, 0.1) is 6.26 Å². The van der Waals surface area contributed by atoms with Crippen LogP contribution in [0.4, 0.5) is 0 Å². The third-order valence-corrected chi connectivity index (χ3v) is 1.12. The van der Waals surface area contributed by atoms with Gasteiger partial charge in [0.15, 0.2) is 0 Å². The van der Waals surface area contributed by atoms with Gasteiger partial charge in [-0.1, -0.05) is 30.9 Å². The molecule has 1 N–H and O–H groups in total. The lowest BCUT2D eigenvalue weighted by Gasteiger charge is -1.86. The Hall–Kier alpha value is -0.980. The summed E-state index contributed by atoms with van der Waals surface area (Å²) >= 11 is 0. The standard InChI is InChI=1S/C9H14O/c1-2-3-4-5-6-7-8-9-10/h2-4,8-10H,1,5-7H2/b4-3+,9-8+. The molecule has 0 atom stereocenters. The van der Waals surface area contributed by atoms with Crippen LogP contribution in [0.2, 0.25) is 0 Å². The highest BCUT2D eigenvalue weighted by atomic mass is 16.2. The first-order chi connectivity index (χ1) is 4.91. The van der Waals surface area contributed by atoms with E-state index in [4.69, 9.17) is 5.11 Å². The predicted octanol–water partition coefficient (Wildman–Crippen LogP) is 2.97. The summed E-state index contributed by atoms with van der Waals surface area (Å²) in [6.07, 6.45) is 11.7. The van der Waals surface area contributed by atoms with Gasteiger partial charge >= 0.3 is 0 Å². The van der Waals surface area contributed by atoms with E-state index < -0.39 is 0 Å². The highest BCUT2D eigenvalue weighted by molar-refractivity contribution is 4.96. The maximum Gasteiger partial charge on any atom is 0.0751 e. The third-order valence-electron chi connectivity index (χ3n) is 1.12. The Morgan fingerprint density at radius 2 is 1.90 bits per heavy atom. The second-order valence-electron chi connectivity index (χ2n) is 1.98. The van der Waals surface area contributed by atoms with Crippen molar-refractivity contribution in [2.24, 2.45) is 0 Å². The smallest absolute Gasteiger partial charge is 0.0751 e. The quantitative estimate of drug-likeness (QED) is 0.352. The summed E-state index contributed by atoms with van der Waals surface area (Å²) in [5.74, 6) is 0. The first-order valence-electron chi connectivity index (χ1n) is 3.48. The number of hydrogen-bond donors (Lipinski definition) is 1. The van der Waals surface area contributed by atoms with Gasteiger partial charge < -0.3 is 5.11 Å². The van der Waals surface area contributed by atoms with Crippen molar-refractivity contribution in [1.29, 1.82) is 0 Å². The molecule has 0 rings (SSSR count). The van der Waals surface area contributed by atoms with Crippen molar-refractivity contribution in [1.82, 2.24) is 0 Å². The van der Waals surface area contributed by atoms with Crippen LogP contribution in [0.3, 0.4) is 0 Å². The number of hydrogen-bond acceptors (Lipinski definition) is 1. The molecule has 0 amide bonds. The van der Waals surface area contributed by atoms with Gasteiger partial charge in [-0.2, -0.15) is 0 Å². The van der Waals surface area contributed by atoms with Crippen molar-refractivity contribution in [2.45, 2.75) is 19.3 Å². The minimum Gasteiger partial charge on any atom is -0.516 e. The summed E-state index contributed by atoms with van der Waals surface area (Å²) in [6.45, 7) is 3.55. The normalized spacial score (nSPS) is 11.2. The van der Waals surface area contributed by atoms with Gasteiger partial charge in [-0.3, -0.25) is 0 Å². The molecule has 0 saturated carbocycles. The van der Waals surface area contributed by atoms with Crippen molar-refractivity contribution in [3.05, 3.63) is 37.1 Å². The zero-order chi connectivity index (χ0) is 7.66. The van der Waals surface area contributed by atoms with Gasteiger partial charge in [0.2, 0.25) is 0 Å². The fourth-order valence-electron chi connectivity index (χ4n) is 0.621. The lowest BCUT2D eigenvalue weighted by atomic mass is 10.2. The first-order valence-corrected chi connectivity index (χ1v) is 3.48. The minimum absolute atomic E-state index is 0.942. The van der Waals surface area contributed by atoms with Gasteiger partial charge in [-0.15, -0.1) is 0 Å². The van der Waals surface area contributed by atoms with E-state index in [9.17, 15) is 0 Å². The number of rotatable bonds is 5. The molecule has 0 bridgehead atoms. The monoisotopic (exact) mass is 138 g/mol. The molecular formula is C9H14O. The lowest BCUT2D eigenvalue weighted by molar-refractivity contribution is 0.470. The van der Waals surface area contributed by atoms with Crippen LogP contribution in [-0.2, 0) is 0 Å². The Morgan fingerprint density at radius 3 is 2.50 bits per heavy atom. The van der Waals surface area contributed by atoms with Crippen molar-refractivity contribution in [3.8, 4) is 0 Å². The molecule has 1 heteroatoms. The summed E-state index contributed by atoms with van der Waals surface area (Å²) in [6, 6.07) is 0. The van der Waals surface area contributed by atoms with Crippen LogP contribution in [-0.4, -0.2) is 5.11 Å². The Kier molecular flexibility index (Phi) is 7.23. The van der Waals surface area contributed by atoms with Crippen LogP contribution in [0.15, 0.2) is 37.1 Å². The summed E-state index contributed by atoms with van der Waals surface area (Å²) in [7, 11) is 0. The maximum atomic E-state index is 8.25. The average Bonchev–Trinajstić information content (AvgIpc) is 1.97. The second kappa shape index (κ2) is 8.02. The SMILES string of the molecule is C=C/C=C/CCC/C=C/O. The molecule has 0 saturated heterocycles. The van der Waals surface area contributed by atoms with Crippen LogP contribution in [0, 0.1) is 0 Å². The van der Waals surface area contributed by atoms with Crippen molar-refractivity contribution in [2.75, 3.05) is 0 Å². The van der Waals surface area contributed by atoms with Gasteiger partial charge in [0.25, 0.3) is 0 Å². The van der Waals surface area contributed by atoms with E-state index >= 15 is 0 Å². The largest absolute Gasteiger partial charge is 0.516 e. The lowest BCUT2D eigenvalue weighted by Crippen LogP contribution is -1.67. The number of unbranched alkanes of at least 4 members (excludes halogenated alkanes) is 2. The Morgan fingerprint density at radius 1 is 1.20 bits per heavy atom. The number of allylic oxidation sites excluding steroid dienone is 4. The molecule has 0 aromatic rings. The molecule has 56 valence electrons. The topological polar surface area (TPSA) is 20.2 Å². The first kappa shape index (κ1) is 9.02. The second-order valence-corrected chi connectivity index (χ2v) is 1.98. The predicted molar refractivity (Wildman–Crippen MR) is 45.0 cm³/mol. The van der Waals surface area contributed by atoms with Crippen LogP contribution in [0.25, 0.3) is 0 Å². The third kappa shape index (κ3) is 7.02. The van der Waals surface area contributed by atoms with Crippen LogP contribution < -0.4 is 0 Å². The molecule has 0 aliphatic heterocycles.